The zero-order chi connectivity index (χ0) is 16.2. The molecule has 3 amide bonds. The number of carbonyl (C=O) groups excluding carboxylic acids is 2. The van der Waals surface area contributed by atoms with Crippen molar-refractivity contribution in [2.75, 3.05) is 0 Å². The number of hydrogen-bond donors (Lipinski definition) is 1. The van der Waals surface area contributed by atoms with Crippen LogP contribution in [0.5, 0.6) is 0 Å². The predicted octanol–water partition coefficient (Wildman–Crippen LogP) is 3.00. The fourth-order valence-corrected chi connectivity index (χ4v) is 4.33. The number of aryl methyl sites for hydroxylation is 2. The Bertz CT molecular complexity index is 834. The molecule has 1 N–H and O–H groups in total. The standard InChI is InChI=1S/C16H14ClN3O2S/c1-9-8-23-13(18-9)7-20-14(21)16(19-15(20)22)5-4-10-6-11(17)2-3-12(10)16/h2-3,6,8H,4-5,7H2,1H3,(H,19,22)/t16-/m0/s1. The first-order chi connectivity index (χ1) is 11.0. The number of thiazole rings is 1. The van der Waals surface area contributed by atoms with Crippen molar-refractivity contribution < 1.29 is 9.59 Å². The Morgan fingerprint density at radius 2 is 2.26 bits per heavy atom. The molecule has 4 rings (SSSR count). The highest BCUT2D eigenvalue weighted by Gasteiger charge is 2.55. The first-order valence-corrected chi connectivity index (χ1v) is 8.59. The first kappa shape index (κ1) is 14.7. The average Bonchev–Trinajstić information content (AvgIpc) is 3.14. The molecule has 1 aromatic carbocycles. The normalized spacial score (nSPS) is 22.8. The van der Waals surface area contributed by atoms with Gasteiger partial charge in [0.1, 0.15) is 10.5 Å². The average molecular weight is 348 g/mol. The number of nitrogens with one attached hydrogen (secondary N) is 1. The van der Waals surface area contributed by atoms with E-state index in [0.717, 1.165) is 28.2 Å². The van der Waals surface area contributed by atoms with Gasteiger partial charge in [0.25, 0.3) is 5.91 Å². The SMILES string of the molecule is Cc1csc(CN2C(=O)N[C@]3(CCc4cc(Cl)ccc43)C2=O)n1. The summed E-state index contributed by atoms with van der Waals surface area (Å²) >= 11 is 7.49. The number of hydrogen-bond acceptors (Lipinski definition) is 4. The third-order valence-electron chi connectivity index (χ3n) is 4.43. The van der Waals surface area contributed by atoms with Crippen LogP contribution in [0.1, 0.15) is 28.2 Å². The number of imide groups is 1. The summed E-state index contributed by atoms with van der Waals surface area (Å²) in [6.07, 6.45) is 1.30. The van der Waals surface area contributed by atoms with Crippen LogP contribution >= 0.6 is 22.9 Å². The maximum atomic E-state index is 13.0. The van der Waals surface area contributed by atoms with Crippen LogP contribution in [0.3, 0.4) is 0 Å². The molecule has 2 aliphatic rings. The third-order valence-corrected chi connectivity index (χ3v) is 5.62. The van der Waals surface area contributed by atoms with Gasteiger partial charge in [-0.15, -0.1) is 11.3 Å². The molecule has 0 unspecified atom stereocenters. The number of nitrogens with zero attached hydrogens (tertiary/aromatic N) is 2. The van der Waals surface area contributed by atoms with E-state index < -0.39 is 5.54 Å². The van der Waals surface area contributed by atoms with Crippen molar-refractivity contribution in [2.24, 2.45) is 0 Å². The number of carbonyl (C=O) groups is 2. The molecule has 1 aliphatic heterocycles. The Morgan fingerprint density at radius 1 is 1.43 bits per heavy atom. The van der Waals surface area contributed by atoms with Crippen LogP contribution in [0.2, 0.25) is 5.02 Å². The van der Waals surface area contributed by atoms with Crippen LogP contribution in [0, 0.1) is 6.92 Å². The number of fused-ring (bicyclic) bond motifs is 2. The Labute approximate surface area is 142 Å². The number of aromatic nitrogens is 1. The molecule has 0 radical (unpaired) electrons. The molecule has 1 fully saturated rings. The Kier molecular flexibility index (Phi) is 3.21. The molecule has 5 nitrogen and oxygen atoms in total. The second-order valence-electron chi connectivity index (χ2n) is 5.91. The lowest BCUT2D eigenvalue weighted by molar-refractivity contribution is -0.132. The molecule has 1 spiro atoms. The quantitative estimate of drug-likeness (QED) is 0.849. The van der Waals surface area contributed by atoms with E-state index in [1.807, 2.05) is 24.4 Å². The van der Waals surface area contributed by atoms with E-state index in [1.165, 1.54) is 16.2 Å². The van der Waals surface area contributed by atoms with Gasteiger partial charge in [0.05, 0.1) is 6.54 Å². The van der Waals surface area contributed by atoms with Gasteiger partial charge in [0.15, 0.2) is 0 Å². The Hall–Kier alpha value is -1.92. The van der Waals surface area contributed by atoms with Gasteiger partial charge >= 0.3 is 6.03 Å². The van der Waals surface area contributed by atoms with E-state index in [2.05, 4.69) is 10.3 Å². The molecule has 1 aromatic heterocycles. The van der Waals surface area contributed by atoms with E-state index in [-0.39, 0.29) is 18.5 Å². The topological polar surface area (TPSA) is 62.3 Å². The molecule has 23 heavy (non-hydrogen) atoms. The summed E-state index contributed by atoms with van der Waals surface area (Å²) < 4.78 is 0. The molecule has 7 heteroatoms. The van der Waals surface area contributed by atoms with Crippen LogP contribution in [0.25, 0.3) is 0 Å². The lowest BCUT2D eigenvalue weighted by atomic mass is 9.92. The summed E-state index contributed by atoms with van der Waals surface area (Å²) in [5.74, 6) is -0.198. The lowest BCUT2D eigenvalue weighted by Crippen LogP contribution is -2.41. The molecule has 0 bridgehead atoms. The van der Waals surface area contributed by atoms with Crippen molar-refractivity contribution in [3.63, 3.8) is 0 Å². The molecule has 1 atom stereocenters. The fraction of sp³-hybridized carbons (Fsp3) is 0.312. The lowest BCUT2D eigenvalue weighted by Gasteiger charge is -2.22. The highest BCUT2D eigenvalue weighted by molar-refractivity contribution is 7.09. The van der Waals surface area contributed by atoms with Gasteiger partial charge in [-0.3, -0.25) is 9.69 Å². The summed E-state index contributed by atoms with van der Waals surface area (Å²) in [7, 11) is 0. The molecule has 0 saturated carbocycles. The van der Waals surface area contributed by atoms with Crippen LogP contribution in [-0.4, -0.2) is 21.8 Å². The van der Waals surface area contributed by atoms with Gasteiger partial charge < -0.3 is 5.32 Å². The Morgan fingerprint density at radius 3 is 3.00 bits per heavy atom. The minimum Gasteiger partial charge on any atom is -0.319 e. The van der Waals surface area contributed by atoms with E-state index in [9.17, 15) is 9.59 Å². The number of rotatable bonds is 2. The zero-order valence-electron chi connectivity index (χ0n) is 12.4. The molecule has 2 aromatic rings. The highest BCUT2D eigenvalue weighted by Crippen LogP contribution is 2.42. The fourth-order valence-electron chi connectivity index (χ4n) is 3.37. The third kappa shape index (κ3) is 2.16. The van der Waals surface area contributed by atoms with Gasteiger partial charge in [-0.1, -0.05) is 17.7 Å². The zero-order valence-corrected chi connectivity index (χ0v) is 14.0. The second-order valence-corrected chi connectivity index (χ2v) is 7.29. The van der Waals surface area contributed by atoms with Crippen molar-refractivity contribution in [3.8, 4) is 0 Å². The monoisotopic (exact) mass is 347 g/mol. The van der Waals surface area contributed by atoms with E-state index in [0.29, 0.717) is 11.4 Å². The van der Waals surface area contributed by atoms with Gasteiger partial charge in [-0.05, 0) is 43.0 Å². The van der Waals surface area contributed by atoms with Crippen molar-refractivity contribution >= 4 is 34.9 Å². The molecular weight excluding hydrogens is 334 g/mol. The van der Waals surface area contributed by atoms with Gasteiger partial charge in [-0.25, -0.2) is 9.78 Å². The molecule has 1 saturated heterocycles. The Balaban J connectivity index is 1.68. The van der Waals surface area contributed by atoms with Crippen molar-refractivity contribution in [3.05, 3.63) is 50.4 Å². The van der Waals surface area contributed by atoms with E-state index in [4.69, 9.17) is 11.6 Å². The minimum atomic E-state index is -0.941. The van der Waals surface area contributed by atoms with Crippen LogP contribution in [0.15, 0.2) is 23.6 Å². The number of amides is 3. The summed E-state index contributed by atoms with van der Waals surface area (Å²) in [6, 6.07) is 5.13. The van der Waals surface area contributed by atoms with Crippen LogP contribution in [-0.2, 0) is 23.3 Å². The summed E-state index contributed by atoms with van der Waals surface area (Å²) in [6.45, 7) is 2.11. The maximum absolute atomic E-state index is 13.0. The van der Waals surface area contributed by atoms with E-state index >= 15 is 0 Å². The maximum Gasteiger partial charge on any atom is 0.325 e. The molecule has 2 heterocycles. The highest BCUT2D eigenvalue weighted by atomic mass is 35.5. The molecule has 1 aliphatic carbocycles. The molecular formula is C16H14ClN3O2S. The smallest absolute Gasteiger partial charge is 0.319 e. The summed E-state index contributed by atoms with van der Waals surface area (Å²) in [4.78, 5) is 31.0. The largest absolute Gasteiger partial charge is 0.325 e. The second kappa shape index (κ2) is 5.04. The summed E-state index contributed by atoms with van der Waals surface area (Å²) in [5, 5.41) is 6.22. The van der Waals surface area contributed by atoms with Gasteiger partial charge in [0.2, 0.25) is 0 Å². The number of benzene rings is 1. The van der Waals surface area contributed by atoms with Crippen molar-refractivity contribution in [1.82, 2.24) is 15.2 Å². The predicted molar refractivity (Wildman–Crippen MR) is 87.4 cm³/mol. The van der Waals surface area contributed by atoms with Crippen molar-refractivity contribution in [2.45, 2.75) is 31.8 Å². The first-order valence-electron chi connectivity index (χ1n) is 7.34. The molecule has 118 valence electrons. The number of urea groups is 1. The van der Waals surface area contributed by atoms with E-state index in [1.54, 1.807) is 6.07 Å². The van der Waals surface area contributed by atoms with Gasteiger partial charge in [0, 0.05) is 16.1 Å². The summed E-state index contributed by atoms with van der Waals surface area (Å²) in [5.41, 5.74) is 1.84. The van der Waals surface area contributed by atoms with Crippen LogP contribution < -0.4 is 5.32 Å². The minimum absolute atomic E-state index is 0.198. The number of halogens is 1. The van der Waals surface area contributed by atoms with Gasteiger partial charge in [-0.2, -0.15) is 0 Å². The van der Waals surface area contributed by atoms with Crippen LogP contribution in [0.4, 0.5) is 4.79 Å². The van der Waals surface area contributed by atoms with Crippen molar-refractivity contribution in [1.29, 1.82) is 0 Å².